The van der Waals surface area contributed by atoms with Crippen LogP contribution < -0.4 is 23.8 Å². The molecule has 1 fully saturated rings. The molecule has 4 aromatic rings. The topological polar surface area (TPSA) is 120 Å². The molecule has 2 aliphatic rings. The number of unbranched alkanes of at least 4 members (excludes halogenated alkanes) is 1. The Morgan fingerprint density at radius 2 is 1.78 bits per heavy atom. The van der Waals surface area contributed by atoms with E-state index >= 15 is 0 Å². The summed E-state index contributed by atoms with van der Waals surface area (Å²) >= 11 is 2.70. The molecular formula is C34H33N3O7S2. The molecule has 10 nitrogen and oxygen atoms in total. The number of amides is 1. The summed E-state index contributed by atoms with van der Waals surface area (Å²) in [6.45, 7) is 5.62. The molecule has 2 aliphatic heterocycles. The number of hydrogen-bond donors (Lipinski definition) is 1. The van der Waals surface area contributed by atoms with E-state index in [0.29, 0.717) is 70.6 Å². The van der Waals surface area contributed by atoms with Crippen molar-refractivity contribution >= 4 is 45.7 Å². The molecule has 46 heavy (non-hydrogen) atoms. The van der Waals surface area contributed by atoms with E-state index in [1.807, 2.05) is 37.3 Å². The van der Waals surface area contributed by atoms with Crippen molar-refractivity contribution in [2.75, 3.05) is 31.3 Å². The summed E-state index contributed by atoms with van der Waals surface area (Å²) in [5.74, 6) is 0.669. The zero-order chi connectivity index (χ0) is 32.0. The second-order valence-corrected chi connectivity index (χ2v) is 12.7. The molecule has 0 bridgehead atoms. The summed E-state index contributed by atoms with van der Waals surface area (Å²) in [7, 11) is 0. The van der Waals surface area contributed by atoms with E-state index in [4.69, 9.17) is 18.9 Å². The number of anilines is 1. The molecule has 1 saturated heterocycles. The summed E-state index contributed by atoms with van der Waals surface area (Å²) in [4.78, 5) is 28.9. The molecule has 1 unspecified atom stereocenters. The number of hydrogen-bond acceptors (Lipinski definition) is 11. The molecule has 1 aromatic heterocycles. The van der Waals surface area contributed by atoms with Gasteiger partial charge in [-0.2, -0.15) is 0 Å². The smallest absolute Gasteiger partial charge is 0.301 e. The molecule has 3 aromatic carbocycles. The number of fused-ring (bicyclic) bond motifs is 1. The highest BCUT2D eigenvalue weighted by Crippen LogP contribution is 2.46. The predicted octanol–water partition coefficient (Wildman–Crippen LogP) is 6.81. The summed E-state index contributed by atoms with van der Waals surface area (Å²) in [5, 5.41) is 20.6. The van der Waals surface area contributed by atoms with Crippen molar-refractivity contribution in [2.45, 2.75) is 42.8 Å². The third kappa shape index (κ3) is 6.54. The van der Waals surface area contributed by atoms with Gasteiger partial charge in [-0.05, 0) is 54.8 Å². The molecule has 1 atom stereocenters. The lowest BCUT2D eigenvalue weighted by Crippen LogP contribution is -2.29. The van der Waals surface area contributed by atoms with Crippen LogP contribution in [0.4, 0.5) is 5.13 Å². The normalized spacial score (nSPS) is 16.9. The summed E-state index contributed by atoms with van der Waals surface area (Å²) < 4.78 is 23.9. The minimum atomic E-state index is -1.02. The first-order chi connectivity index (χ1) is 22.5. The zero-order valence-corrected chi connectivity index (χ0v) is 27.1. The van der Waals surface area contributed by atoms with Gasteiger partial charge in [-0.15, -0.1) is 10.2 Å². The fourth-order valence-electron chi connectivity index (χ4n) is 5.18. The van der Waals surface area contributed by atoms with Crippen LogP contribution in [-0.4, -0.2) is 53.4 Å². The molecule has 0 saturated carbocycles. The van der Waals surface area contributed by atoms with Crippen LogP contribution in [0, 0.1) is 0 Å². The number of aromatic nitrogens is 2. The maximum Gasteiger partial charge on any atom is 0.301 e. The second-order valence-electron chi connectivity index (χ2n) is 10.5. The third-order valence-electron chi connectivity index (χ3n) is 7.41. The van der Waals surface area contributed by atoms with Crippen molar-refractivity contribution in [3.8, 4) is 23.0 Å². The van der Waals surface area contributed by atoms with E-state index in [0.717, 1.165) is 18.4 Å². The molecule has 12 heteroatoms. The van der Waals surface area contributed by atoms with Crippen LogP contribution >= 0.6 is 23.1 Å². The van der Waals surface area contributed by atoms with Crippen LogP contribution in [-0.2, 0) is 15.3 Å². The number of ether oxygens (including phenoxy) is 4. The van der Waals surface area contributed by atoms with Crippen molar-refractivity contribution in [3.05, 3.63) is 89.0 Å². The van der Waals surface area contributed by atoms with Crippen molar-refractivity contribution in [1.82, 2.24) is 10.2 Å². The number of rotatable bonds is 12. The Balaban J connectivity index is 1.42. The van der Waals surface area contributed by atoms with E-state index < -0.39 is 17.7 Å². The highest BCUT2D eigenvalue weighted by Gasteiger charge is 2.48. The maximum atomic E-state index is 13.8. The Bertz CT molecular complexity index is 1760. The average molecular weight is 660 g/mol. The van der Waals surface area contributed by atoms with E-state index in [2.05, 4.69) is 17.1 Å². The van der Waals surface area contributed by atoms with Crippen molar-refractivity contribution in [1.29, 1.82) is 0 Å². The van der Waals surface area contributed by atoms with Crippen molar-refractivity contribution < 1.29 is 33.6 Å². The van der Waals surface area contributed by atoms with Gasteiger partial charge in [0.15, 0.2) is 27.3 Å². The fraction of sp³-hybridized carbons (Fsp3) is 0.294. The summed E-state index contributed by atoms with van der Waals surface area (Å²) in [6, 6.07) is 19.1. The quantitative estimate of drug-likeness (QED) is 0.0434. The lowest BCUT2D eigenvalue weighted by atomic mass is 9.95. The first-order valence-corrected chi connectivity index (χ1v) is 16.9. The molecule has 238 valence electrons. The zero-order valence-electron chi connectivity index (χ0n) is 25.4. The third-order valence-corrected chi connectivity index (χ3v) is 9.53. The summed E-state index contributed by atoms with van der Waals surface area (Å²) in [5.41, 5.74) is 1.89. The Kier molecular flexibility index (Phi) is 9.74. The van der Waals surface area contributed by atoms with Crippen LogP contribution in [0.1, 0.15) is 49.4 Å². The van der Waals surface area contributed by atoms with Gasteiger partial charge in [0.1, 0.15) is 19.0 Å². The molecular weight excluding hydrogens is 627 g/mol. The number of carbonyl (C=O) groups is 2. The Morgan fingerprint density at radius 1 is 0.978 bits per heavy atom. The molecule has 0 aliphatic carbocycles. The lowest BCUT2D eigenvalue weighted by Gasteiger charge is -2.24. The van der Waals surface area contributed by atoms with Gasteiger partial charge in [-0.3, -0.25) is 14.5 Å². The van der Waals surface area contributed by atoms with Crippen LogP contribution in [0.25, 0.3) is 5.76 Å². The maximum absolute atomic E-state index is 13.8. The van der Waals surface area contributed by atoms with Crippen LogP contribution in [0.3, 0.4) is 0 Å². The largest absolute Gasteiger partial charge is 0.507 e. The number of thioether (sulfide) groups is 1. The first kappa shape index (κ1) is 31.4. The van der Waals surface area contributed by atoms with Crippen LogP contribution in [0.2, 0.25) is 0 Å². The minimum absolute atomic E-state index is 0.0857. The number of ketones is 1. The monoisotopic (exact) mass is 659 g/mol. The molecule has 1 amide bonds. The summed E-state index contributed by atoms with van der Waals surface area (Å²) in [6.07, 6.45) is 1.86. The van der Waals surface area contributed by atoms with Crippen molar-refractivity contribution in [2.24, 2.45) is 0 Å². The van der Waals surface area contributed by atoms with Crippen LogP contribution in [0.5, 0.6) is 23.0 Å². The van der Waals surface area contributed by atoms with E-state index in [9.17, 15) is 14.7 Å². The lowest BCUT2D eigenvalue weighted by molar-refractivity contribution is -0.132. The molecule has 3 heterocycles. The minimum Gasteiger partial charge on any atom is -0.507 e. The van der Waals surface area contributed by atoms with Gasteiger partial charge < -0.3 is 24.1 Å². The number of nitrogens with zero attached hydrogens (tertiary/aromatic N) is 3. The van der Waals surface area contributed by atoms with Gasteiger partial charge in [0.2, 0.25) is 5.13 Å². The standard InChI is InChI=1S/C34H33N3O7S2/c1-3-5-15-42-24-13-11-22(18-26(24)41-4-2)29-28(30(38)23-12-14-25-27(19-23)44-17-16-43-25)31(39)32(40)37(29)33-35-36-34(46-33)45-20-21-9-7-6-8-10-21/h6-14,18-19,29,38H,3-5,15-17,20H2,1-2H3. The van der Waals surface area contributed by atoms with Gasteiger partial charge in [0, 0.05) is 11.3 Å². The Hall–Kier alpha value is -4.55. The van der Waals surface area contributed by atoms with Gasteiger partial charge in [-0.1, -0.05) is 72.8 Å². The Morgan fingerprint density at radius 3 is 2.57 bits per heavy atom. The Labute approximate surface area is 275 Å². The van der Waals surface area contributed by atoms with Gasteiger partial charge in [0.25, 0.3) is 5.78 Å². The van der Waals surface area contributed by atoms with Crippen molar-refractivity contribution in [3.63, 3.8) is 0 Å². The highest BCUT2D eigenvalue weighted by atomic mass is 32.2. The fourth-order valence-corrected chi connectivity index (χ4v) is 7.00. The second kappa shape index (κ2) is 14.3. The molecule has 0 spiro atoms. The van der Waals surface area contributed by atoms with Gasteiger partial charge in [0.05, 0.1) is 24.8 Å². The number of aliphatic hydroxyl groups is 1. The number of carbonyl (C=O) groups excluding carboxylic acids is 2. The molecule has 1 N–H and O–H groups in total. The number of benzene rings is 3. The number of Topliss-reactive ketones (excluding diaryl/α,β-unsaturated/α-hetero) is 1. The van der Waals surface area contributed by atoms with E-state index in [-0.39, 0.29) is 16.5 Å². The van der Waals surface area contributed by atoms with Gasteiger partial charge >= 0.3 is 5.91 Å². The molecule has 6 rings (SSSR count). The average Bonchev–Trinajstić information content (AvgIpc) is 3.66. The van der Waals surface area contributed by atoms with Crippen LogP contribution in [0.15, 0.2) is 76.6 Å². The predicted molar refractivity (Wildman–Crippen MR) is 176 cm³/mol. The van der Waals surface area contributed by atoms with E-state index in [1.165, 1.54) is 28.0 Å². The van der Waals surface area contributed by atoms with E-state index in [1.54, 1.807) is 36.4 Å². The van der Waals surface area contributed by atoms with Gasteiger partial charge in [-0.25, -0.2) is 0 Å². The SMILES string of the molecule is CCCCOc1ccc(C2C(=C(O)c3ccc4c(c3)OCCO4)C(=O)C(=O)N2c2nnc(SCc3ccccc3)s2)cc1OCC. The molecule has 0 radical (unpaired) electrons. The highest BCUT2D eigenvalue weighted by molar-refractivity contribution is 8.00. The number of aliphatic hydroxyl groups excluding tert-OH is 1. The first-order valence-electron chi connectivity index (χ1n) is 15.1.